The van der Waals surface area contributed by atoms with Crippen LogP contribution in [0.5, 0.6) is 5.75 Å². The van der Waals surface area contributed by atoms with Gasteiger partial charge in [-0.25, -0.2) is 0 Å². The number of thioether (sulfide) groups is 2. The van der Waals surface area contributed by atoms with Gasteiger partial charge in [-0.2, -0.15) is 0 Å². The van der Waals surface area contributed by atoms with Crippen molar-refractivity contribution in [3.8, 4) is 5.75 Å². The molecule has 1 fully saturated rings. The average molecular weight is 345 g/mol. The van der Waals surface area contributed by atoms with E-state index in [4.69, 9.17) is 4.74 Å². The smallest absolute Gasteiger partial charge is 0.228 e. The van der Waals surface area contributed by atoms with Crippen LogP contribution in [0.1, 0.15) is 15.7 Å². The van der Waals surface area contributed by atoms with E-state index in [2.05, 4.69) is 17.4 Å². The van der Waals surface area contributed by atoms with Crippen molar-refractivity contribution in [3.63, 3.8) is 0 Å². The lowest BCUT2D eigenvalue weighted by Crippen LogP contribution is -2.14. The quantitative estimate of drug-likeness (QED) is 0.874. The molecule has 1 saturated heterocycles. The van der Waals surface area contributed by atoms with Gasteiger partial charge >= 0.3 is 0 Å². The van der Waals surface area contributed by atoms with Crippen molar-refractivity contribution >= 4 is 35.1 Å². The van der Waals surface area contributed by atoms with E-state index in [9.17, 15) is 4.79 Å². The summed E-state index contributed by atoms with van der Waals surface area (Å²) in [6.07, 6.45) is 0.342. The van der Waals surface area contributed by atoms with Crippen molar-refractivity contribution in [3.05, 3.63) is 59.7 Å². The highest BCUT2D eigenvalue weighted by atomic mass is 32.2. The molecule has 23 heavy (non-hydrogen) atoms. The Morgan fingerprint density at radius 1 is 1.17 bits per heavy atom. The van der Waals surface area contributed by atoms with Crippen molar-refractivity contribution in [2.45, 2.75) is 11.0 Å². The largest absolute Gasteiger partial charge is 0.497 e. The van der Waals surface area contributed by atoms with E-state index in [0.717, 1.165) is 17.0 Å². The zero-order valence-electron chi connectivity index (χ0n) is 13.0. The van der Waals surface area contributed by atoms with Crippen LogP contribution >= 0.6 is 23.5 Å². The van der Waals surface area contributed by atoms with E-state index in [0.29, 0.717) is 11.0 Å². The molecule has 3 nitrogen and oxygen atoms in total. The number of carbonyl (C=O) groups excluding carboxylic acids is 1. The summed E-state index contributed by atoms with van der Waals surface area (Å²) in [4.78, 5) is 12.3. The lowest BCUT2D eigenvalue weighted by molar-refractivity contribution is -0.115. The molecule has 0 radical (unpaired) electrons. The monoisotopic (exact) mass is 345 g/mol. The highest BCUT2D eigenvalue weighted by molar-refractivity contribution is 8.19. The summed E-state index contributed by atoms with van der Waals surface area (Å²) < 4.78 is 5.68. The fraction of sp³-hybridized carbons (Fsp3) is 0.278. The minimum Gasteiger partial charge on any atom is -0.497 e. The molecule has 5 heteroatoms. The Morgan fingerprint density at radius 3 is 2.74 bits per heavy atom. The Balaban J connectivity index is 1.64. The Hall–Kier alpha value is -1.59. The van der Waals surface area contributed by atoms with Gasteiger partial charge in [0.25, 0.3) is 0 Å². The molecule has 2 aromatic rings. The summed E-state index contributed by atoms with van der Waals surface area (Å²) in [7, 11) is 1.63. The van der Waals surface area contributed by atoms with Crippen molar-refractivity contribution < 1.29 is 9.53 Å². The summed E-state index contributed by atoms with van der Waals surface area (Å²) in [5, 5.41) is 2.99. The summed E-state index contributed by atoms with van der Waals surface area (Å²) in [6, 6.07) is 15.8. The predicted molar refractivity (Wildman–Crippen MR) is 99.4 cm³/mol. The van der Waals surface area contributed by atoms with Gasteiger partial charge < -0.3 is 10.1 Å². The molecule has 0 aliphatic carbocycles. The van der Waals surface area contributed by atoms with Gasteiger partial charge in [-0.1, -0.05) is 24.3 Å². The van der Waals surface area contributed by atoms with Crippen molar-refractivity contribution in [2.75, 3.05) is 23.9 Å². The van der Waals surface area contributed by atoms with Crippen LogP contribution in [0.2, 0.25) is 0 Å². The normalized spacial score (nSPS) is 14.7. The number of rotatable bonds is 5. The number of carbonyl (C=O) groups is 1. The van der Waals surface area contributed by atoms with Gasteiger partial charge in [-0.3, -0.25) is 4.79 Å². The molecule has 120 valence electrons. The number of methoxy groups -OCH3 is 1. The molecular weight excluding hydrogens is 326 g/mol. The van der Waals surface area contributed by atoms with Crippen LogP contribution in [-0.4, -0.2) is 24.5 Å². The summed E-state index contributed by atoms with van der Waals surface area (Å²) >= 11 is 3.93. The minimum atomic E-state index is -0.0119. The van der Waals surface area contributed by atoms with Gasteiger partial charge in [-0.15, -0.1) is 23.5 Å². The topological polar surface area (TPSA) is 38.3 Å². The molecule has 0 spiro atoms. The molecule has 0 bridgehead atoms. The first kappa shape index (κ1) is 16.3. The van der Waals surface area contributed by atoms with Crippen LogP contribution in [-0.2, 0) is 11.2 Å². The Morgan fingerprint density at radius 2 is 1.96 bits per heavy atom. The van der Waals surface area contributed by atoms with Crippen molar-refractivity contribution in [2.24, 2.45) is 0 Å². The molecular formula is C18H19NO2S2. The first-order valence-corrected chi connectivity index (χ1v) is 9.60. The number of benzene rings is 2. The highest BCUT2D eigenvalue weighted by Gasteiger charge is 2.18. The number of nitrogens with one attached hydrogen (secondary N) is 1. The number of hydrogen-bond donors (Lipinski definition) is 1. The molecule has 0 atom stereocenters. The number of amides is 1. The van der Waals surface area contributed by atoms with Crippen LogP contribution in [0, 0.1) is 0 Å². The summed E-state index contributed by atoms with van der Waals surface area (Å²) in [6.45, 7) is 0. The van der Waals surface area contributed by atoms with Gasteiger partial charge in [0.1, 0.15) is 5.75 Å². The zero-order valence-corrected chi connectivity index (χ0v) is 14.6. The molecule has 0 aromatic heterocycles. The van der Waals surface area contributed by atoms with Crippen molar-refractivity contribution in [1.82, 2.24) is 0 Å². The third-order valence-corrected chi connectivity index (χ3v) is 6.67. The Bertz CT molecular complexity index is 684. The van der Waals surface area contributed by atoms with Crippen LogP contribution in [0.4, 0.5) is 5.69 Å². The molecule has 2 aromatic carbocycles. The number of ether oxygens (including phenoxy) is 1. The highest BCUT2D eigenvalue weighted by Crippen LogP contribution is 2.45. The lowest BCUT2D eigenvalue weighted by atomic mass is 10.1. The minimum absolute atomic E-state index is 0.0119. The van der Waals surface area contributed by atoms with E-state index in [1.807, 2.05) is 59.9 Å². The van der Waals surface area contributed by atoms with Crippen molar-refractivity contribution in [1.29, 1.82) is 0 Å². The van der Waals surface area contributed by atoms with Crippen LogP contribution in [0.15, 0.2) is 48.5 Å². The fourth-order valence-corrected chi connectivity index (χ4v) is 5.33. The Labute approximate surface area is 145 Å². The molecule has 0 unspecified atom stereocenters. The van der Waals surface area contributed by atoms with Crippen LogP contribution in [0.25, 0.3) is 0 Å². The summed E-state index contributed by atoms with van der Waals surface area (Å²) in [5.74, 6) is 3.15. The molecule has 1 aliphatic heterocycles. The molecule has 1 aliphatic rings. The van der Waals surface area contributed by atoms with E-state index < -0.39 is 0 Å². The average Bonchev–Trinajstić information content (AvgIpc) is 3.09. The number of anilines is 1. The van der Waals surface area contributed by atoms with E-state index in [-0.39, 0.29) is 5.91 Å². The number of hydrogen-bond acceptors (Lipinski definition) is 4. The Kier molecular flexibility index (Phi) is 5.51. The second kappa shape index (κ2) is 7.79. The predicted octanol–water partition coefficient (Wildman–Crippen LogP) is 4.36. The zero-order chi connectivity index (χ0) is 16.1. The van der Waals surface area contributed by atoms with Gasteiger partial charge in [0, 0.05) is 17.2 Å². The van der Waals surface area contributed by atoms with Gasteiger partial charge in [0.15, 0.2) is 0 Å². The first-order valence-electron chi connectivity index (χ1n) is 7.50. The standard InChI is InChI=1S/C18H19NO2S2/c1-21-16-7-2-4-13(10-16)11-17(20)19-15-6-3-5-14(12-15)18-22-8-9-23-18/h2-7,10,12,18H,8-9,11H2,1H3,(H,19,20). The SMILES string of the molecule is COc1cccc(CC(=O)Nc2cccc(C3SCCS3)c2)c1. The maximum atomic E-state index is 12.3. The first-order chi connectivity index (χ1) is 11.2. The van der Waals surface area contributed by atoms with E-state index in [1.54, 1.807) is 7.11 Å². The van der Waals surface area contributed by atoms with Crippen LogP contribution in [0.3, 0.4) is 0 Å². The third-order valence-electron chi connectivity index (χ3n) is 3.56. The van der Waals surface area contributed by atoms with Crippen LogP contribution < -0.4 is 10.1 Å². The lowest BCUT2D eigenvalue weighted by Gasteiger charge is -2.11. The molecule has 0 saturated carbocycles. The second-order valence-electron chi connectivity index (χ2n) is 5.28. The molecule has 1 amide bonds. The summed E-state index contributed by atoms with van der Waals surface area (Å²) in [5.41, 5.74) is 3.08. The maximum absolute atomic E-state index is 12.3. The van der Waals surface area contributed by atoms with E-state index >= 15 is 0 Å². The van der Waals surface area contributed by atoms with Gasteiger partial charge in [-0.05, 0) is 35.4 Å². The molecule has 3 rings (SSSR count). The third kappa shape index (κ3) is 4.45. The van der Waals surface area contributed by atoms with E-state index in [1.165, 1.54) is 17.1 Å². The molecule has 1 N–H and O–H groups in total. The van der Waals surface area contributed by atoms with Gasteiger partial charge in [0.05, 0.1) is 18.1 Å². The fourth-order valence-electron chi connectivity index (χ4n) is 2.49. The molecule has 1 heterocycles. The maximum Gasteiger partial charge on any atom is 0.228 e. The second-order valence-corrected chi connectivity index (χ2v) is 8.00. The van der Waals surface area contributed by atoms with Gasteiger partial charge in [0.2, 0.25) is 5.91 Å².